The van der Waals surface area contributed by atoms with E-state index < -0.39 is 10.0 Å². The Morgan fingerprint density at radius 2 is 2.17 bits per heavy atom. The van der Waals surface area contributed by atoms with E-state index in [2.05, 4.69) is 11.6 Å². The summed E-state index contributed by atoms with van der Waals surface area (Å²) >= 11 is 1.21. The highest BCUT2D eigenvalue weighted by Crippen LogP contribution is 2.37. The molecule has 24 heavy (non-hydrogen) atoms. The van der Waals surface area contributed by atoms with Gasteiger partial charge < -0.3 is 4.42 Å². The summed E-state index contributed by atoms with van der Waals surface area (Å²) in [6.07, 6.45) is 3.09. The van der Waals surface area contributed by atoms with E-state index in [9.17, 15) is 8.42 Å². The van der Waals surface area contributed by atoms with Crippen molar-refractivity contribution in [1.29, 1.82) is 0 Å². The monoisotopic (exact) mass is 361 g/mol. The topological polar surface area (TPSA) is 59.3 Å². The van der Waals surface area contributed by atoms with Crippen molar-refractivity contribution in [3.63, 3.8) is 0 Å². The molecule has 4 rings (SSSR count). The Labute approximate surface area is 145 Å². The maximum Gasteiger partial charge on any atom is 0.271 e. The zero-order chi connectivity index (χ0) is 16.9. The van der Waals surface area contributed by atoms with E-state index in [4.69, 9.17) is 4.42 Å². The average molecular weight is 361 g/mol. The van der Waals surface area contributed by atoms with E-state index in [0.717, 1.165) is 41.6 Å². The largest absolute Gasteiger partial charge is 0.461 e. The molecule has 6 heteroatoms. The molecule has 3 aromatic rings. The van der Waals surface area contributed by atoms with Crippen molar-refractivity contribution in [2.45, 2.75) is 37.3 Å². The maximum absolute atomic E-state index is 12.5. The van der Waals surface area contributed by atoms with Crippen molar-refractivity contribution < 1.29 is 12.8 Å². The van der Waals surface area contributed by atoms with Crippen molar-refractivity contribution in [3.05, 3.63) is 46.5 Å². The van der Waals surface area contributed by atoms with Gasteiger partial charge in [-0.3, -0.25) is 4.72 Å². The standard InChI is InChI=1S/C18H19NO3S2/c1-11-5-6-16-13(8-11)14-10-15(12(2)9-17(14)22-16)19-24(20,21)18-4-3-7-23-18/h3-4,7,9-11,19H,5-6,8H2,1-2H3/t11-/m1/s1. The Morgan fingerprint density at radius 3 is 2.92 bits per heavy atom. The van der Waals surface area contributed by atoms with Gasteiger partial charge in [0.25, 0.3) is 10.0 Å². The SMILES string of the molecule is Cc1cc2oc3c(c2cc1NS(=O)(=O)c1cccs1)C[C@H](C)CC3. The van der Waals surface area contributed by atoms with Crippen LogP contribution in [0.3, 0.4) is 0 Å². The molecule has 0 bridgehead atoms. The van der Waals surface area contributed by atoms with Gasteiger partial charge in [-0.25, -0.2) is 8.42 Å². The van der Waals surface area contributed by atoms with Crippen LogP contribution in [-0.4, -0.2) is 8.42 Å². The molecule has 2 heterocycles. The molecule has 126 valence electrons. The molecule has 0 spiro atoms. The molecule has 0 saturated heterocycles. The zero-order valence-electron chi connectivity index (χ0n) is 13.6. The summed E-state index contributed by atoms with van der Waals surface area (Å²) in [6.45, 7) is 4.15. The Kier molecular flexibility index (Phi) is 3.69. The second-order valence-corrected chi connectivity index (χ2v) is 9.41. The lowest BCUT2D eigenvalue weighted by atomic mass is 9.88. The van der Waals surface area contributed by atoms with Crippen LogP contribution in [0, 0.1) is 12.8 Å². The van der Waals surface area contributed by atoms with Crippen LogP contribution >= 0.6 is 11.3 Å². The van der Waals surface area contributed by atoms with Crippen LogP contribution in [0.4, 0.5) is 5.69 Å². The van der Waals surface area contributed by atoms with Crippen molar-refractivity contribution in [1.82, 2.24) is 0 Å². The van der Waals surface area contributed by atoms with E-state index in [-0.39, 0.29) is 0 Å². The molecule has 0 saturated carbocycles. The van der Waals surface area contributed by atoms with Crippen molar-refractivity contribution >= 4 is 38.0 Å². The maximum atomic E-state index is 12.5. The van der Waals surface area contributed by atoms with Gasteiger partial charge in [0, 0.05) is 17.4 Å². The van der Waals surface area contributed by atoms with E-state index in [1.54, 1.807) is 17.5 Å². The van der Waals surface area contributed by atoms with Crippen LogP contribution in [-0.2, 0) is 22.9 Å². The fourth-order valence-corrected chi connectivity index (χ4v) is 5.44. The first kappa shape index (κ1) is 15.7. The van der Waals surface area contributed by atoms with Crippen LogP contribution in [0.2, 0.25) is 0 Å². The average Bonchev–Trinajstić information content (AvgIpc) is 3.16. The smallest absolute Gasteiger partial charge is 0.271 e. The first-order valence-corrected chi connectivity index (χ1v) is 10.4. The fraction of sp³-hybridized carbons (Fsp3) is 0.333. The number of fused-ring (bicyclic) bond motifs is 3. The molecule has 4 nitrogen and oxygen atoms in total. The van der Waals surface area contributed by atoms with Crippen LogP contribution < -0.4 is 4.72 Å². The normalized spacial score (nSPS) is 17.8. The summed E-state index contributed by atoms with van der Waals surface area (Å²) in [5, 5.41) is 2.80. The Balaban J connectivity index is 1.79. The number of hydrogen-bond donors (Lipinski definition) is 1. The number of hydrogen-bond acceptors (Lipinski definition) is 4. The molecule has 0 radical (unpaired) electrons. The Bertz CT molecular complexity index is 1000. The molecular weight excluding hydrogens is 342 g/mol. The number of thiophene rings is 1. The minimum Gasteiger partial charge on any atom is -0.461 e. The molecule has 1 aliphatic carbocycles. The van der Waals surface area contributed by atoms with Gasteiger partial charge in [0.2, 0.25) is 0 Å². The summed E-state index contributed by atoms with van der Waals surface area (Å²) in [5.41, 5.74) is 3.57. The van der Waals surface area contributed by atoms with Gasteiger partial charge in [-0.05, 0) is 54.8 Å². The molecule has 1 N–H and O–H groups in total. The third-order valence-electron chi connectivity index (χ3n) is 4.64. The highest BCUT2D eigenvalue weighted by Gasteiger charge is 2.23. The molecule has 1 atom stereocenters. The van der Waals surface area contributed by atoms with Crippen LogP contribution in [0.5, 0.6) is 0 Å². The number of sulfonamides is 1. The third-order valence-corrected chi connectivity index (χ3v) is 7.41. The summed E-state index contributed by atoms with van der Waals surface area (Å²) < 4.78 is 34.1. The number of anilines is 1. The van der Waals surface area contributed by atoms with E-state index >= 15 is 0 Å². The number of rotatable bonds is 3. The van der Waals surface area contributed by atoms with Crippen LogP contribution in [0.25, 0.3) is 11.0 Å². The third kappa shape index (κ3) is 2.63. The van der Waals surface area contributed by atoms with Gasteiger partial charge in [-0.1, -0.05) is 13.0 Å². The van der Waals surface area contributed by atoms with E-state index in [0.29, 0.717) is 15.8 Å². The molecule has 1 aliphatic rings. The molecule has 0 fully saturated rings. The summed E-state index contributed by atoms with van der Waals surface area (Å²) in [7, 11) is -3.54. The summed E-state index contributed by atoms with van der Waals surface area (Å²) in [6, 6.07) is 7.21. The first-order valence-electron chi connectivity index (χ1n) is 8.05. The number of benzene rings is 1. The van der Waals surface area contributed by atoms with Crippen LogP contribution in [0.1, 0.15) is 30.2 Å². The molecule has 0 amide bonds. The summed E-state index contributed by atoms with van der Waals surface area (Å²) in [4.78, 5) is 0. The predicted octanol–water partition coefficient (Wildman–Crippen LogP) is 4.73. The van der Waals surface area contributed by atoms with Crippen molar-refractivity contribution in [2.24, 2.45) is 5.92 Å². The lowest BCUT2D eigenvalue weighted by molar-refractivity contribution is 0.438. The molecule has 2 aromatic heterocycles. The molecular formula is C18H19NO3S2. The second kappa shape index (κ2) is 5.63. The minimum atomic E-state index is -3.54. The van der Waals surface area contributed by atoms with E-state index in [1.165, 1.54) is 16.9 Å². The van der Waals surface area contributed by atoms with Gasteiger partial charge in [0.15, 0.2) is 0 Å². The van der Waals surface area contributed by atoms with Gasteiger partial charge >= 0.3 is 0 Å². The zero-order valence-corrected chi connectivity index (χ0v) is 15.3. The molecule has 0 unspecified atom stereocenters. The quantitative estimate of drug-likeness (QED) is 0.734. The lowest BCUT2D eigenvalue weighted by Crippen LogP contribution is -2.12. The number of furan rings is 1. The van der Waals surface area contributed by atoms with Gasteiger partial charge in [-0.2, -0.15) is 0 Å². The predicted molar refractivity (Wildman–Crippen MR) is 97.3 cm³/mol. The summed E-state index contributed by atoms with van der Waals surface area (Å²) in [5.74, 6) is 1.69. The highest BCUT2D eigenvalue weighted by atomic mass is 32.2. The Morgan fingerprint density at radius 1 is 1.33 bits per heavy atom. The Hall–Kier alpha value is -1.79. The first-order chi connectivity index (χ1) is 11.4. The van der Waals surface area contributed by atoms with Crippen molar-refractivity contribution in [3.8, 4) is 0 Å². The lowest BCUT2D eigenvalue weighted by Gasteiger charge is -2.16. The minimum absolute atomic E-state index is 0.324. The van der Waals surface area contributed by atoms with Crippen LogP contribution in [0.15, 0.2) is 38.3 Å². The van der Waals surface area contributed by atoms with Gasteiger partial charge in [0.05, 0.1) is 5.69 Å². The van der Waals surface area contributed by atoms with Crippen molar-refractivity contribution in [2.75, 3.05) is 4.72 Å². The van der Waals surface area contributed by atoms with Gasteiger partial charge in [0.1, 0.15) is 15.6 Å². The molecule has 0 aliphatic heterocycles. The highest BCUT2D eigenvalue weighted by molar-refractivity contribution is 7.94. The fourth-order valence-electron chi connectivity index (χ4n) is 3.32. The number of aryl methyl sites for hydroxylation is 2. The van der Waals surface area contributed by atoms with E-state index in [1.807, 2.05) is 19.1 Å². The van der Waals surface area contributed by atoms with Gasteiger partial charge in [-0.15, -0.1) is 11.3 Å². The molecule has 1 aromatic carbocycles. The number of nitrogens with one attached hydrogen (secondary N) is 1. The second-order valence-electron chi connectivity index (χ2n) is 6.55.